The highest BCUT2D eigenvalue weighted by Crippen LogP contribution is 2.39. The fourth-order valence-electron chi connectivity index (χ4n) is 3.17. The van der Waals surface area contributed by atoms with Gasteiger partial charge < -0.3 is 0 Å². The molecule has 130 valence electrons. The predicted molar refractivity (Wildman–Crippen MR) is 97.3 cm³/mol. The van der Waals surface area contributed by atoms with Gasteiger partial charge in [-0.05, 0) is 19.8 Å². The molecule has 3 heterocycles. The summed E-state index contributed by atoms with van der Waals surface area (Å²) in [5.74, 6) is -0.190. The van der Waals surface area contributed by atoms with Crippen LogP contribution in [0.1, 0.15) is 28.0 Å². The fraction of sp³-hybridized carbons (Fsp3) is 0.375. The minimum absolute atomic E-state index is 0.190. The highest BCUT2D eigenvalue weighted by atomic mass is 35.5. The van der Waals surface area contributed by atoms with Crippen LogP contribution >= 0.6 is 22.9 Å². The summed E-state index contributed by atoms with van der Waals surface area (Å²) >= 11 is 7.70. The van der Waals surface area contributed by atoms with Crippen LogP contribution in [0, 0.1) is 0 Å². The van der Waals surface area contributed by atoms with E-state index >= 15 is 0 Å². The van der Waals surface area contributed by atoms with Gasteiger partial charge in [-0.3, -0.25) is 19.1 Å². The lowest BCUT2D eigenvalue weighted by atomic mass is 10.0. The van der Waals surface area contributed by atoms with E-state index in [0.29, 0.717) is 22.4 Å². The molecule has 3 aromatic heterocycles. The second-order valence-corrected chi connectivity index (χ2v) is 7.38. The highest BCUT2D eigenvalue weighted by molar-refractivity contribution is 7.16. The summed E-state index contributed by atoms with van der Waals surface area (Å²) in [5, 5.41) is 9.43. The molecule has 0 spiro atoms. The number of nitrogens with zero attached hydrogens (tertiary/aromatic N) is 6. The summed E-state index contributed by atoms with van der Waals surface area (Å²) in [5.41, 5.74) is 3.57. The van der Waals surface area contributed by atoms with Gasteiger partial charge in [-0.2, -0.15) is 10.2 Å². The van der Waals surface area contributed by atoms with Gasteiger partial charge in [0, 0.05) is 36.8 Å². The first-order chi connectivity index (χ1) is 12.0. The predicted octanol–water partition coefficient (Wildman–Crippen LogP) is 2.70. The molecule has 25 heavy (non-hydrogen) atoms. The van der Waals surface area contributed by atoms with Crippen LogP contribution in [0.15, 0.2) is 12.4 Å². The molecule has 9 heteroatoms. The lowest BCUT2D eigenvalue weighted by Crippen LogP contribution is -2.32. The largest absolute Gasteiger partial charge is 0.283 e. The van der Waals surface area contributed by atoms with Gasteiger partial charge in [0.15, 0.2) is 5.13 Å². The molecule has 0 unspecified atom stereocenters. The number of hydrogen-bond donors (Lipinski definition) is 0. The quantitative estimate of drug-likeness (QED) is 0.704. The van der Waals surface area contributed by atoms with Crippen LogP contribution in [-0.2, 0) is 26.9 Å². The van der Waals surface area contributed by atoms with Crippen molar-refractivity contribution in [1.82, 2.24) is 24.5 Å². The Morgan fingerprint density at radius 3 is 2.72 bits per heavy atom. The van der Waals surface area contributed by atoms with Crippen molar-refractivity contribution in [3.8, 4) is 11.3 Å². The third kappa shape index (κ3) is 2.47. The molecule has 0 fully saturated rings. The number of anilines is 1. The molecule has 0 N–H and O–H groups in total. The minimum atomic E-state index is -0.190. The average molecular weight is 377 g/mol. The summed E-state index contributed by atoms with van der Waals surface area (Å²) in [6.45, 7) is 2.44. The van der Waals surface area contributed by atoms with Gasteiger partial charge in [0.25, 0.3) is 5.91 Å². The Morgan fingerprint density at radius 2 is 2.04 bits per heavy atom. The summed E-state index contributed by atoms with van der Waals surface area (Å²) in [4.78, 5) is 20.6. The minimum Gasteiger partial charge on any atom is -0.283 e. The van der Waals surface area contributed by atoms with Crippen molar-refractivity contribution in [2.24, 2.45) is 14.1 Å². The maximum atomic E-state index is 13.0. The van der Waals surface area contributed by atoms with Gasteiger partial charge in [0.05, 0.1) is 23.1 Å². The van der Waals surface area contributed by atoms with Crippen molar-refractivity contribution in [3.63, 3.8) is 0 Å². The molecule has 0 saturated heterocycles. The molecule has 0 radical (unpaired) electrons. The average Bonchev–Trinajstić information content (AvgIpc) is 3.25. The van der Waals surface area contributed by atoms with Gasteiger partial charge in [-0.1, -0.05) is 11.6 Å². The van der Waals surface area contributed by atoms with Crippen molar-refractivity contribution in [2.75, 3.05) is 11.4 Å². The lowest BCUT2D eigenvalue weighted by Gasteiger charge is -2.17. The van der Waals surface area contributed by atoms with Crippen molar-refractivity contribution in [1.29, 1.82) is 0 Å². The summed E-state index contributed by atoms with van der Waals surface area (Å²) in [6, 6.07) is 0. The van der Waals surface area contributed by atoms with E-state index in [-0.39, 0.29) is 5.91 Å². The Morgan fingerprint density at radius 1 is 1.28 bits per heavy atom. The Hall–Kier alpha value is -2.19. The first-order valence-electron chi connectivity index (χ1n) is 8.01. The molecular formula is C16H17ClN6OS. The molecular weight excluding hydrogens is 360 g/mol. The van der Waals surface area contributed by atoms with Gasteiger partial charge >= 0.3 is 0 Å². The Balaban J connectivity index is 1.75. The zero-order valence-electron chi connectivity index (χ0n) is 14.2. The zero-order chi connectivity index (χ0) is 17.7. The molecule has 1 aliphatic rings. The topological polar surface area (TPSA) is 68.8 Å². The fourth-order valence-corrected chi connectivity index (χ4v) is 4.55. The molecule has 0 atom stereocenters. The van der Waals surface area contributed by atoms with E-state index < -0.39 is 0 Å². The van der Waals surface area contributed by atoms with Gasteiger partial charge in [-0.15, -0.1) is 11.3 Å². The number of carbonyl (C=O) groups is 1. The first kappa shape index (κ1) is 16.3. The molecule has 4 rings (SSSR count). The van der Waals surface area contributed by atoms with Gasteiger partial charge in [0.2, 0.25) is 0 Å². The van der Waals surface area contributed by atoms with E-state index in [2.05, 4.69) is 10.2 Å². The van der Waals surface area contributed by atoms with Crippen LogP contribution < -0.4 is 4.90 Å². The number of carbonyl (C=O) groups excluding carboxylic acids is 1. The number of rotatable bonds is 3. The van der Waals surface area contributed by atoms with Crippen molar-refractivity contribution < 1.29 is 4.79 Å². The van der Waals surface area contributed by atoms with Crippen molar-refractivity contribution in [3.05, 3.63) is 33.7 Å². The maximum Gasteiger partial charge on any atom is 0.279 e. The molecule has 0 aromatic carbocycles. The zero-order valence-corrected chi connectivity index (χ0v) is 15.7. The molecule has 0 bridgehead atoms. The van der Waals surface area contributed by atoms with Crippen LogP contribution in [0.2, 0.25) is 5.02 Å². The Kier molecular flexibility index (Phi) is 3.88. The second-order valence-electron chi connectivity index (χ2n) is 5.91. The van der Waals surface area contributed by atoms with Crippen LogP contribution in [0.5, 0.6) is 0 Å². The highest BCUT2D eigenvalue weighted by Gasteiger charge is 2.29. The number of hydrogen-bond acceptors (Lipinski definition) is 5. The monoisotopic (exact) mass is 376 g/mol. The number of fused-ring (bicyclic) bond motifs is 3. The number of aryl methyl sites for hydroxylation is 3. The standard InChI is InChI=1S/C16H17ClN6OS/c1-4-23(15(24)14-10(17)8-19-22(14)3)16-20-13-9-7-18-21(2)11(9)5-6-12(13)25-16/h7-8H,4-6H2,1-3H3. The maximum absolute atomic E-state index is 13.0. The van der Waals surface area contributed by atoms with Crippen molar-refractivity contribution in [2.45, 2.75) is 19.8 Å². The SMILES string of the molecule is CCN(C(=O)c1c(Cl)cnn1C)c1nc2c(s1)CCc1c-2cnn1C. The Bertz CT molecular complexity index is 952. The Labute approximate surface area is 153 Å². The molecule has 0 aliphatic heterocycles. The normalized spacial score (nSPS) is 12.8. The van der Waals surface area contributed by atoms with E-state index in [9.17, 15) is 4.79 Å². The molecule has 3 aromatic rings. The third-order valence-electron chi connectivity index (χ3n) is 4.48. The molecule has 7 nitrogen and oxygen atoms in total. The number of aromatic nitrogens is 5. The van der Waals surface area contributed by atoms with E-state index in [1.807, 2.05) is 24.9 Å². The summed E-state index contributed by atoms with van der Waals surface area (Å²) in [6.07, 6.45) is 5.19. The van der Waals surface area contributed by atoms with Crippen LogP contribution in [0.25, 0.3) is 11.3 Å². The molecule has 0 saturated carbocycles. The number of thiazole rings is 1. The van der Waals surface area contributed by atoms with Crippen LogP contribution in [-0.4, -0.2) is 37.0 Å². The van der Waals surface area contributed by atoms with E-state index in [4.69, 9.17) is 16.6 Å². The van der Waals surface area contributed by atoms with Gasteiger partial charge in [-0.25, -0.2) is 4.98 Å². The summed E-state index contributed by atoms with van der Waals surface area (Å²) < 4.78 is 3.40. The van der Waals surface area contributed by atoms with E-state index in [0.717, 1.165) is 24.1 Å². The smallest absolute Gasteiger partial charge is 0.279 e. The van der Waals surface area contributed by atoms with Gasteiger partial charge in [0.1, 0.15) is 5.69 Å². The second kappa shape index (κ2) is 5.96. The van der Waals surface area contributed by atoms with Crippen LogP contribution in [0.4, 0.5) is 5.13 Å². The van der Waals surface area contributed by atoms with E-state index in [1.165, 1.54) is 21.4 Å². The first-order valence-corrected chi connectivity index (χ1v) is 9.21. The van der Waals surface area contributed by atoms with Crippen molar-refractivity contribution >= 4 is 34.0 Å². The molecule has 1 amide bonds. The third-order valence-corrected chi connectivity index (χ3v) is 5.90. The van der Waals surface area contributed by atoms with E-state index in [1.54, 1.807) is 23.3 Å². The lowest BCUT2D eigenvalue weighted by molar-refractivity contribution is 0.0979. The number of halogens is 1. The number of amides is 1. The van der Waals surface area contributed by atoms with Crippen LogP contribution in [0.3, 0.4) is 0 Å². The summed E-state index contributed by atoms with van der Waals surface area (Å²) in [7, 11) is 3.66. The molecule has 1 aliphatic carbocycles.